The third-order valence-electron chi connectivity index (χ3n) is 4.60. The van der Waals surface area contributed by atoms with Gasteiger partial charge in [0.15, 0.2) is 0 Å². The molecule has 5 heteroatoms. The Morgan fingerprint density at radius 3 is 2.71 bits per heavy atom. The van der Waals surface area contributed by atoms with Gasteiger partial charge in [0, 0.05) is 51.5 Å². The Morgan fingerprint density at radius 2 is 1.83 bits per heavy atom. The normalized spacial score (nSPS) is 15.6. The molecule has 24 heavy (non-hydrogen) atoms. The molecule has 0 amide bonds. The van der Waals surface area contributed by atoms with Crippen LogP contribution in [0.1, 0.15) is 17.2 Å². The highest BCUT2D eigenvalue weighted by Gasteiger charge is 2.26. The van der Waals surface area contributed by atoms with Gasteiger partial charge in [-0.2, -0.15) is 0 Å². The summed E-state index contributed by atoms with van der Waals surface area (Å²) in [6.45, 7) is 0. The first-order valence-corrected chi connectivity index (χ1v) is 7.83. The Labute approximate surface area is 138 Å². The lowest BCUT2D eigenvalue weighted by Gasteiger charge is -2.18. The van der Waals surface area contributed by atoms with Crippen LogP contribution < -0.4 is 10.0 Å². The van der Waals surface area contributed by atoms with Crippen molar-refractivity contribution in [1.82, 2.24) is 9.97 Å². The molecule has 0 radical (unpaired) electrons. The van der Waals surface area contributed by atoms with E-state index in [0.29, 0.717) is 0 Å². The van der Waals surface area contributed by atoms with Gasteiger partial charge in [-0.25, -0.2) is 4.98 Å². The van der Waals surface area contributed by atoms with E-state index in [0.717, 1.165) is 32.6 Å². The van der Waals surface area contributed by atoms with E-state index < -0.39 is 0 Å². The molecule has 1 aromatic carbocycles. The maximum Gasteiger partial charge on any atom is 0.222 e. The summed E-state index contributed by atoms with van der Waals surface area (Å²) < 4.78 is 1.05. The van der Waals surface area contributed by atoms with Crippen molar-refractivity contribution in [1.29, 1.82) is 0 Å². The Hall–Kier alpha value is -3.34. The predicted octanol–water partition coefficient (Wildman–Crippen LogP) is 3.27. The first kappa shape index (κ1) is 13.1. The number of hydrogen-bond donors (Lipinski definition) is 3. The van der Waals surface area contributed by atoms with Crippen molar-refractivity contribution in [2.45, 2.75) is 6.04 Å². The lowest BCUT2D eigenvalue weighted by Crippen LogP contribution is -2.28. The number of benzene rings is 1. The van der Waals surface area contributed by atoms with Crippen molar-refractivity contribution < 1.29 is 9.94 Å². The van der Waals surface area contributed by atoms with Gasteiger partial charge in [0.2, 0.25) is 12.4 Å². The zero-order valence-electron chi connectivity index (χ0n) is 12.8. The Kier molecular flexibility index (Phi) is 2.64. The number of aromatic nitrogens is 3. The quantitative estimate of drug-likeness (QED) is 0.373. The molecule has 0 saturated heterocycles. The van der Waals surface area contributed by atoms with Gasteiger partial charge in [0.25, 0.3) is 0 Å². The molecule has 1 aliphatic rings. The van der Waals surface area contributed by atoms with Crippen LogP contribution in [0, 0.1) is 0 Å². The third kappa shape index (κ3) is 1.81. The fourth-order valence-electron chi connectivity index (χ4n) is 3.50. The number of H-pyrrole nitrogens is 1. The molecule has 5 rings (SSSR count). The second-order valence-corrected chi connectivity index (χ2v) is 5.96. The Bertz CT molecular complexity index is 1050. The predicted molar refractivity (Wildman–Crippen MR) is 90.8 cm³/mol. The standard InChI is InChI=1S/C19H15N4O/c24-23-9-6-12(7-10-23)18-15-11-21-19-17(15)14(5-8-20-19)13-3-1-2-4-16(13)22-18/h1-11,18,22,24H,(H,20,21)/q+1. The molecule has 116 valence electrons. The molecule has 5 nitrogen and oxygen atoms in total. The maximum absolute atomic E-state index is 9.52. The monoisotopic (exact) mass is 315 g/mol. The summed E-state index contributed by atoms with van der Waals surface area (Å²) in [5.74, 6) is 0. The van der Waals surface area contributed by atoms with Gasteiger partial charge in [-0.3, -0.25) is 5.21 Å². The highest BCUT2D eigenvalue weighted by Crippen LogP contribution is 2.43. The van der Waals surface area contributed by atoms with E-state index in [1.165, 1.54) is 11.1 Å². The molecule has 0 bridgehead atoms. The summed E-state index contributed by atoms with van der Waals surface area (Å²) in [5, 5.41) is 14.3. The molecule has 3 N–H and O–H groups in total. The SMILES string of the molecule is O[n+]1ccc(C2Nc3ccccc3-c3ccnc4[nH]cc2c34)cc1. The average Bonchev–Trinajstić information content (AvgIpc) is 2.98. The van der Waals surface area contributed by atoms with E-state index in [-0.39, 0.29) is 6.04 Å². The van der Waals surface area contributed by atoms with Gasteiger partial charge in [-0.1, -0.05) is 18.2 Å². The van der Waals surface area contributed by atoms with Gasteiger partial charge >= 0.3 is 0 Å². The summed E-state index contributed by atoms with van der Waals surface area (Å²) in [4.78, 5) is 7.76. The number of rotatable bonds is 1. The van der Waals surface area contributed by atoms with E-state index in [2.05, 4.69) is 39.6 Å². The van der Waals surface area contributed by atoms with Crippen molar-refractivity contribution in [2.75, 3.05) is 5.32 Å². The van der Waals surface area contributed by atoms with Crippen molar-refractivity contribution in [3.63, 3.8) is 0 Å². The fourth-order valence-corrected chi connectivity index (χ4v) is 3.50. The highest BCUT2D eigenvalue weighted by atomic mass is 16.5. The minimum atomic E-state index is -0.0217. The zero-order chi connectivity index (χ0) is 16.1. The molecule has 0 saturated carbocycles. The molecular weight excluding hydrogens is 300 g/mol. The van der Waals surface area contributed by atoms with Gasteiger partial charge in [0.1, 0.15) is 5.65 Å². The molecule has 1 unspecified atom stereocenters. The van der Waals surface area contributed by atoms with Gasteiger partial charge < -0.3 is 10.3 Å². The molecule has 0 aliphatic carbocycles. The van der Waals surface area contributed by atoms with Crippen LogP contribution >= 0.6 is 0 Å². The van der Waals surface area contributed by atoms with Crippen molar-refractivity contribution in [3.8, 4) is 11.1 Å². The van der Waals surface area contributed by atoms with E-state index in [4.69, 9.17) is 0 Å². The van der Waals surface area contributed by atoms with Crippen LogP contribution in [-0.2, 0) is 0 Å². The third-order valence-corrected chi connectivity index (χ3v) is 4.60. The Morgan fingerprint density at radius 1 is 1.00 bits per heavy atom. The maximum atomic E-state index is 9.52. The van der Waals surface area contributed by atoms with Crippen LogP contribution in [0.3, 0.4) is 0 Å². The second kappa shape index (κ2) is 4.83. The molecule has 1 atom stereocenters. The number of hydrogen-bond acceptors (Lipinski definition) is 3. The number of nitrogens with one attached hydrogen (secondary N) is 2. The van der Waals surface area contributed by atoms with Gasteiger partial charge in [-0.15, -0.1) is 0 Å². The number of aromatic amines is 1. The average molecular weight is 315 g/mol. The number of pyridine rings is 2. The molecule has 0 spiro atoms. The summed E-state index contributed by atoms with van der Waals surface area (Å²) in [5.41, 5.74) is 6.55. The molecule has 4 aromatic rings. The topological polar surface area (TPSA) is 64.8 Å². The van der Waals surface area contributed by atoms with E-state index in [1.54, 1.807) is 12.4 Å². The largest absolute Gasteiger partial charge is 0.374 e. The minimum absolute atomic E-state index is 0.0217. The first-order valence-electron chi connectivity index (χ1n) is 7.83. The van der Waals surface area contributed by atoms with Crippen molar-refractivity contribution in [2.24, 2.45) is 0 Å². The first-order chi connectivity index (χ1) is 11.8. The second-order valence-electron chi connectivity index (χ2n) is 5.96. The van der Waals surface area contributed by atoms with Gasteiger partial charge in [-0.05, 0) is 23.3 Å². The molecular formula is C19H15N4O+. The van der Waals surface area contributed by atoms with Crippen LogP contribution in [0.4, 0.5) is 5.69 Å². The Balaban J connectivity index is 1.83. The van der Waals surface area contributed by atoms with Crippen LogP contribution in [0.2, 0.25) is 0 Å². The van der Waals surface area contributed by atoms with E-state index in [1.807, 2.05) is 30.6 Å². The smallest absolute Gasteiger partial charge is 0.222 e. The summed E-state index contributed by atoms with van der Waals surface area (Å²) in [6.07, 6.45) is 7.14. The van der Waals surface area contributed by atoms with Crippen LogP contribution in [0.5, 0.6) is 0 Å². The van der Waals surface area contributed by atoms with Gasteiger partial charge in [0.05, 0.1) is 6.04 Å². The molecule has 4 heterocycles. The molecule has 1 aliphatic heterocycles. The summed E-state index contributed by atoms with van der Waals surface area (Å²) in [6, 6.07) is 14.2. The lowest BCUT2D eigenvalue weighted by atomic mass is 9.97. The number of fused-ring (bicyclic) bond motifs is 2. The van der Waals surface area contributed by atoms with Crippen LogP contribution in [0.15, 0.2) is 67.3 Å². The number of nitrogens with zero attached hydrogens (tertiary/aromatic N) is 2. The van der Waals surface area contributed by atoms with Crippen molar-refractivity contribution in [3.05, 3.63) is 78.4 Å². The summed E-state index contributed by atoms with van der Waals surface area (Å²) >= 11 is 0. The van der Waals surface area contributed by atoms with Crippen molar-refractivity contribution >= 4 is 16.7 Å². The van der Waals surface area contributed by atoms with Crippen LogP contribution in [-0.4, -0.2) is 15.2 Å². The molecule has 0 fully saturated rings. The minimum Gasteiger partial charge on any atom is -0.374 e. The zero-order valence-corrected chi connectivity index (χ0v) is 12.8. The number of anilines is 1. The molecule has 3 aromatic heterocycles. The van der Waals surface area contributed by atoms with E-state index in [9.17, 15) is 5.21 Å². The van der Waals surface area contributed by atoms with E-state index >= 15 is 0 Å². The summed E-state index contributed by atoms with van der Waals surface area (Å²) in [7, 11) is 0. The fraction of sp³-hybridized carbons (Fsp3) is 0.0526. The number of para-hydroxylation sites is 1. The van der Waals surface area contributed by atoms with Crippen LogP contribution in [0.25, 0.3) is 22.2 Å². The highest BCUT2D eigenvalue weighted by molar-refractivity contribution is 6.01. The lowest BCUT2D eigenvalue weighted by molar-refractivity contribution is -0.904.